The Morgan fingerprint density at radius 2 is 2.25 bits per heavy atom. The first kappa shape index (κ1) is 14.1. The van der Waals surface area contributed by atoms with Crippen LogP contribution in [0.2, 0.25) is 0 Å². The van der Waals surface area contributed by atoms with Gasteiger partial charge in [0.15, 0.2) is 5.13 Å². The lowest BCUT2D eigenvalue weighted by Gasteiger charge is -2.03. The van der Waals surface area contributed by atoms with E-state index in [1.165, 1.54) is 18.4 Å². The van der Waals surface area contributed by atoms with Crippen LogP contribution in [0.25, 0.3) is 0 Å². The molecule has 6 nitrogen and oxygen atoms in total. The molecule has 20 heavy (non-hydrogen) atoms. The van der Waals surface area contributed by atoms with Crippen molar-refractivity contribution in [1.29, 1.82) is 0 Å². The summed E-state index contributed by atoms with van der Waals surface area (Å²) in [6, 6.07) is 3.58. The van der Waals surface area contributed by atoms with Crippen LogP contribution in [-0.4, -0.2) is 29.0 Å². The summed E-state index contributed by atoms with van der Waals surface area (Å²) in [4.78, 5) is 31.3. The minimum absolute atomic E-state index is 0.0888. The molecule has 0 radical (unpaired) electrons. The summed E-state index contributed by atoms with van der Waals surface area (Å²) in [6.07, 6.45) is 1.65. The highest BCUT2D eigenvalue weighted by Gasteiger charge is 2.13. The summed E-state index contributed by atoms with van der Waals surface area (Å²) < 4.78 is 4.56. The second-order valence-corrected chi connectivity index (χ2v) is 4.88. The molecule has 0 bridgehead atoms. The molecule has 0 aliphatic rings. The number of amides is 1. The summed E-state index contributed by atoms with van der Waals surface area (Å²) in [5, 5.41) is 4.80. The number of hydrogen-bond acceptors (Lipinski definition) is 6. The molecule has 1 N–H and O–H groups in total. The van der Waals surface area contributed by atoms with E-state index in [0.29, 0.717) is 16.5 Å². The van der Waals surface area contributed by atoms with E-state index in [1.807, 2.05) is 13.0 Å². The second-order valence-electron chi connectivity index (χ2n) is 4.02. The number of rotatable bonds is 4. The number of aryl methyl sites for hydroxylation is 1. The molecule has 2 rings (SSSR count). The first-order valence-electron chi connectivity index (χ1n) is 5.84. The predicted octanol–water partition coefficient (Wildman–Crippen LogP) is 1.81. The molecule has 0 spiro atoms. The minimum Gasteiger partial charge on any atom is -0.469 e. The number of carbonyl (C=O) groups is 2. The monoisotopic (exact) mass is 291 g/mol. The molecule has 0 atom stereocenters. The molecule has 2 heterocycles. The van der Waals surface area contributed by atoms with Crippen molar-refractivity contribution in [2.24, 2.45) is 0 Å². The second kappa shape index (κ2) is 6.25. The molecule has 104 valence electrons. The first-order valence-corrected chi connectivity index (χ1v) is 6.72. The van der Waals surface area contributed by atoms with Gasteiger partial charge in [-0.25, -0.2) is 4.98 Å². The SMILES string of the molecule is COC(=O)Cc1csc(NC(=O)c2ncccc2C)n1. The average molecular weight is 291 g/mol. The zero-order valence-corrected chi connectivity index (χ0v) is 11.9. The number of anilines is 1. The zero-order chi connectivity index (χ0) is 14.5. The lowest BCUT2D eigenvalue weighted by atomic mass is 10.2. The van der Waals surface area contributed by atoms with Crippen LogP contribution in [0.5, 0.6) is 0 Å². The van der Waals surface area contributed by atoms with Gasteiger partial charge in [-0.1, -0.05) is 6.07 Å². The Bertz CT molecular complexity index is 639. The van der Waals surface area contributed by atoms with E-state index in [4.69, 9.17) is 0 Å². The Hall–Kier alpha value is -2.28. The molecule has 2 aromatic heterocycles. The van der Waals surface area contributed by atoms with Crippen LogP contribution in [-0.2, 0) is 16.0 Å². The third kappa shape index (κ3) is 3.39. The Balaban J connectivity index is 2.05. The molecule has 0 aliphatic carbocycles. The number of pyridine rings is 1. The fourth-order valence-corrected chi connectivity index (χ4v) is 2.25. The van der Waals surface area contributed by atoms with E-state index < -0.39 is 0 Å². The van der Waals surface area contributed by atoms with Gasteiger partial charge in [-0.2, -0.15) is 0 Å². The molecule has 0 aromatic carbocycles. The summed E-state index contributed by atoms with van der Waals surface area (Å²) >= 11 is 1.25. The van der Waals surface area contributed by atoms with Crippen molar-refractivity contribution >= 4 is 28.3 Å². The van der Waals surface area contributed by atoms with E-state index in [2.05, 4.69) is 20.0 Å². The molecular weight excluding hydrogens is 278 g/mol. The van der Waals surface area contributed by atoms with Crippen molar-refractivity contribution < 1.29 is 14.3 Å². The molecule has 1 amide bonds. The van der Waals surface area contributed by atoms with Crippen LogP contribution in [0, 0.1) is 6.92 Å². The van der Waals surface area contributed by atoms with Crippen LogP contribution in [0.15, 0.2) is 23.7 Å². The Labute approximate surface area is 119 Å². The third-order valence-electron chi connectivity index (χ3n) is 2.55. The molecule has 0 saturated heterocycles. The fourth-order valence-electron chi connectivity index (χ4n) is 1.55. The summed E-state index contributed by atoms with van der Waals surface area (Å²) in [6.45, 7) is 1.81. The van der Waals surface area contributed by atoms with Gasteiger partial charge >= 0.3 is 5.97 Å². The van der Waals surface area contributed by atoms with E-state index in [9.17, 15) is 9.59 Å². The highest BCUT2D eigenvalue weighted by atomic mass is 32.1. The van der Waals surface area contributed by atoms with Gasteiger partial charge in [-0.15, -0.1) is 11.3 Å². The van der Waals surface area contributed by atoms with E-state index >= 15 is 0 Å². The molecule has 0 aliphatic heterocycles. The normalized spacial score (nSPS) is 10.1. The Kier molecular flexibility index (Phi) is 4.41. The maximum atomic E-state index is 12.0. The van der Waals surface area contributed by atoms with Gasteiger partial charge in [0.1, 0.15) is 5.69 Å². The minimum atomic E-state index is -0.367. The molecule has 7 heteroatoms. The molecule has 0 saturated carbocycles. The summed E-state index contributed by atoms with van der Waals surface area (Å²) in [5.41, 5.74) is 1.71. The van der Waals surface area contributed by atoms with Crippen molar-refractivity contribution in [3.63, 3.8) is 0 Å². The van der Waals surface area contributed by atoms with Gasteiger partial charge in [-0.05, 0) is 18.6 Å². The van der Waals surface area contributed by atoms with E-state index in [1.54, 1.807) is 17.6 Å². The number of aromatic nitrogens is 2. The van der Waals surface area contributed by atoms with Gasteiger partial charge in [0.2, 0.25) is 0 Å². The number of methoxy groups -OCH3 is 1. The number of esters is 1. The largest absolute Gasteiger partial charge is 0.469 e. The van der Waals surface area contributed by atoms with Crippen molar-refractivity contribution in [2.45, 2.75) is 13.3 Å². The van der Waals surface area contributed by atoms with Crippen molar-refractivity contribution in [2.75, 3.05) is 12.4 Å². The third-order valence-corrected chi connectivity index (χ3v) is 3.36. The van der Waals surface area contributed by atoms with Crippen molar-refractivity contribution in [3.05, 3.63) is 40.7 Å². The highest BCUT2D eigenvalue weighted by Crippen LogP contribution is 2.17. The van der Waals surface area contributed by atoms with Crippen LogP contribution in [0.1, 0.15) is 21.7 Å². The molecule has 2 aromatic rings. The fraction of sp³-hybridized carbons (Fsp3) is 0.231. The lowest BCUT2D eigenvalue weighted by molar-refractivity contribution is -0.139. The van der Waals surface area contributed by atoms with Gasteiger partial charge in [0, 0.05) is 11.6 Å². The van der Waals surface area contributed by atoms with Crippen LogP contribution < -0.4 is 5.32 Å². The van der Waals surface area contributed by atoms with Crippen LogP contribution >= 0.6 is 11.3 Å². The quantitative estimate of drug-likeness (QED) is 0.869. The highest BCUT2D eigenvalue weighted by molar-refractivity contribution is 7.14. The van der Waals surface area contributed by atoms with Gasteiger partial charge < -0.3 is 4.74 Å². The van der Waals surface area contributed by atoms with Crippen LogP contribution in [0.3, 0.4) is 0 Å². The first-order chi connectivity index (χ1) is 9.60. The van der Waals surface area contributed by atoms with Crippen LogP contribution in [0.4, 0.5) is 5.13 Å². The maximum Gasteiger partial charge on any atom is 0.311 e. The smallest absolute Gasteiger partial charge is 0.311 e. The lowest BCUT2D eigenvalue weighted by Crippen LogP contribution is -2.15. The van der Waals surface area contributed by atoms with Gasteiger partial charge in [0.05, 0.1) is 19.2 Å². The van der Waals surface area contributed by atoms with Crippen molar-refractivity contribution in [1.82, 2.24) is 9.97 Å². The molecule has 0 fully saturated rings. The average Bonchev–Trinajstić information content (AvgIpc) is 2.86. The summed E-state index contributed by atoms with van der Waals surface area (Å²) in [7, 11) is 1.32. The number of nitrogens with one attached hydrogen (secondary N) is 1. The Morgan fingerprint density at radius 3 is 2.95 bits per heavy atom. The molecular formula is C13H13N3O3S. The number of thiazole rings is 1. The number of nitrogens with zero attached hydrogens (tertiary/aromatic N) is 2. The zero-order valence-electron chi connectivity index (χ0n) is 11.0. The van der Waals surface area contributed by atoms with E-state index in [-0.39, 0.29) is 18.3 Å². The predicted molar refractivity (Wildman–Crippen MR) is 74.8 cm³/mol. The number of ether oxygens (including phenoxy) is 1. The van der Waals surface area contributed by atoms with Gasteiger partial charge in [-0.3, -0.25) is 19.9 Å². The van der Waals surface area contributed by atoms with Gasteiger partial charge in [0.25, 0.3) is 5.91 Å². The molecule has 0 unspecified atom stereocenters. The maximum absolute atomic E-state index is 12.0. The standard InChI is InChI=1S/C13H13N3O3S/c1-8-4-3-5-14-11(8)12(18)16-13-15-9(7-20-13)6-10(17)19-2/h3-5,7H,6H2,1-2H3,(H,15,16,18). The number of carbonyl (C=O) groups excluding carboxylic acids is 2. The van der Waals surface area contributed by atoms with Crippen molar-refractivity contribution in [3.8, 4) is 0 Å². The summed E-state index contributed by atoms with van der Waals surface area (Å²) in [5.74, 6) is -0.684. The van der Waals surface area contributed by atoms with E-state index in [0.717, 1.165) is 5.56 Å². The Morgan fingerprint density at radius 1 is 1.45 bits per heavy atom. The number of hydrogen-bond donors (Lipinski definition) is 1. The topological polar surface area (TPSA) is 81.2 Å².